The number of rotatable bonds is 5. The normalized spacial score (nSPS) is 13.1. The number of nitrogens with zero attached hydrogens (tertiary/aromatic N) is 2. The fraction of sp³-hybridized carbons (Fsp3) is 0.200. The maximum atomic E-state index is 13.4. The lowest BCUT2D eigenvalue weighted by molar-refractivity contribution is -0.153. The second-order valence-electron chi connectivity index (χ2n) is 4.89. The Kier molecular flexibility index (Phi) is 5.30. The third-order valence-corrected chi connectivity index (χ3v) is 4.57. The monoisotopic (exact) mass is 371 g/mol. The van der Waals surface area contributed by atoms with E-state index in [2.05, 4.69) is 4.98 Å². The van der Waals surface area contributed by atoms with Crippen LogP contribution in [0.1, 0.15) is 17.2 Å². The second-order valence-corrected chi connectivity index (χ2v) is 6.61. The summed E-state index contributed by atoms with van der Waals surface area (Å²) in [5, 5.41) is 8.78. The lowest BCUT2D eigenvalue weighted by Crippen LogP contribution is -2.38. The summed E-state index contributed by atoms with van der Waals surface area (Å²) in [7, 11) is -3.28. The molecular formula is C15H12F3N3O3S. The molecule has 6 nitrogen and oxygen atoms in total. The SMILES string of the molecule is COc1cccc(C(NS(=O)(=O)c2cncc(C#N)c2)C(F)(F)F)c1. The summed E-state index contributed by atoms with van der Waals surface area (Å²) >= 11 is 0. The van der Waals surface area contributed by atoms with Crippen molar-refractivity contribution in [2.75, 3.05) is 7.11 Å². The third-order valence-electron chi connectivity index (χ3n) is 3.18. The number of hydrogen-bond acceptors (Lipinski definition) is 5. The first-order valence-electron chi connectivity index (χ1n) is 6.75. The Morgan fingerprint density at radius 3 is 2.60 bits per heavy atom. The average molecular weight is 371 g/mol. The van der Waals surface area contributed by atoms with Crippen molar-refractivity contribution in [1.82, 2.24) is 9.71 Å². The molecule has 1 aromatic carbocycles. The molecule has 0 aliphatic carbocycles. The molecule has 1 N–H and O–H groups in total. The first-order valence-corrected chi connectivity index (χ1v) is 8.24. The topological polar surface area (TPSA) is 92.1 Å². The van der Waals surface area contributed by atoms with Gasteiger partial charge in [-0.2, -0.15) is 23.2 Å². The molecule has 0 saturated carbocycles. The zero-order chi connectivity index (χ0) is 18.7. The minimum atomic E-state index is -4.89. The summed E-state index contributed by atoms with van der Waals surface area (Å²) in [6.07, 6.45) is -2.93. The number of pyridine rings is 1. The Labute approximate surface area is 141 Å². The van der Waals surface area contributed by atoms with Gasteiger partial charge in [-0.1, -0.05) is 12.1 Å². The van der Waals surface area contributed by atoms with Crippen LogP contribution in [-0.2, 0) is 10.0 Å². The van der Waals surface area contributed by atoms with Crippen LogP contribution in [0.5, 0.6) is 5.75 Å². The molecule has 0 spiro atoms. The smallest absolute Gasteiger partial charge is 0.408 e. The minimum Gasteiger partial charge on any atom is -0.497 e. The molecule has 0 amide bonds. The van der Waals surface area contributed by atoms with Gasteiger partial charge >= 0.3 is 6.18 Å². The summed E-state index contributed by atoms with van der Waals surface area (Å²) in [6.45, 7) is 0. The average Bonchev–Trinajstić information content (AvgIpc) is 2.59. The molecule has 0 bridgehead atoms. The number of nitriles is 1. The van der Waals surface area contributed by atoms with E-state index in [1.807, 2.05) is 0 Å². The Balaban J connectivity index is 2.44. The van der Waals surface area contributed by atoms with E-state index >= 15 is 0 Å². The predicted molar refractivity (Wildman–Crippen MR) is 81.1 cm³/mol. The van der Waals surface area contributed by atoms with Crippen molar-refractivity contribution >= 4 is 10.0 Å². The number of sulfonamides is 1. The molecule has 1 atom stereocenters. The van der Waals surface area contributed by atoms with E-state index in [0.717, 1.165) is 30.6 Å². The molecule has 2 rings (SSSR count). The van der Waals surface area contributed by atoms with Crippen LogP contribution >= 0.6 is 0 Å². The van der Waals surface area contributed by atoms with Gasteiger partial charge in [0.05, 0.1) is 12.7 Å². The first kappa shape index (κ1) is 18.7. The van der Waals surface area contributed by atoms with Gasteiger partial charge in [-0.15, -0.1) is 0 Å². The number of nitrogens with one attached hydrogen (secondary N) is 1. The molecule has 132 valence electrons. The first-order chi connectivity index (χ1) is 11.7. The summed E-state index contributed by atoms with van der Waals surface area (Å²) < 4.78 is 71.3. The minimum absolute atomic E-state index is 0.0900. The summed E-state index contributed by atoms with van der Waals surface area (Å²) in [5.41, 5.74) is -0.423. The maximum absolute atomic E-state index is 13.4. The van der Waals surface area contributed by atoms with E-state index in [9.17, 15) is 21.6 Å². The molecule has 0 aliphatic rings. The van der Waals surface area contributed by atoms with E-state index in [4.69, 9.17) is 10.00 Å². The van der Waals surface area contributed by atoms with Gasteiger partial charge < -0.3 is 4.74 Å². The largest absolute Gasteiger partial charge is 0.497 e. The van der Waals surface area contributed by atoms with Crippen LogP contribution in [0.3, 0.4) is 0 Å². The molecule has 0 aliphatic heterocycles. The van der Waals surface area contributed by atoms with Crippen molar-refractivity contribution < 1.29 is 26.3 Å². The molecule has 0 fully saturated rings. The number of alkyl halides is 3. The summed E-state index contributed by atoms with van der Waals surface area (Å²) in [4.78, 5) is 3.01. The van der Waals surface area contributed by atoms with Crippen LogP contribution in [0.15, 0.2) is 47.6 Å². The van der Waals surface area contributed by atoms with Gasteiger partial charge in [0.2, 0.25) is 10.0 Å². The molecular weight excluding hydrogens is 359 g/mol. The van der Waals surface area contributed by atoms with Crippen LogP contribution < -0.4 is 9.46 Å². The zero-order valence-electron chi connectivity index (χ0n) is 12.8. The van der Waals surface area contributed by atoms with E-state index in [0.29, 0.717) is 0 Å². The highest BCUT2D eigenvalue weighted by molar-refractivity contribution is 7.89. The standard InChI is InChI=1S/C15H12F3N3O3S/c1-24-12-4-2-3-11(6-12)14(15(16,17)18)21-25(22,23)13-5-10(7-19)8-20-9-13/h2-6,8-9,14,21H,1H3. The highest BCUT2D eigenvalue weighted by Gasteiger charge is 2.43. The fourth-order valence-electron chi connectivity index (χ4n) is 2.00. The molecule has 10 heteroatoms. The van der Waals surface area contributed by atoms with Gasteiger partial charge in [0, 0.05) is 12.4 Å². The number of benzene rings is 1. The molecule has 25 heavy (non-hydrogen) atoms. The molecule has 2 aromatic rings. The predicted octanol–water partition coefficient (Wildman–Crippen LogP) is 2.54. The second kappa shape index (κ2) is 7.08. The van der Waals surface area contributed by atoms with Gasteiger partial charge in [0.1, 0.15) is 22.8 Å². The number of aromatic nitrogens is 1. The number of methoxy groups -OCH3 is 1. The van der Waals surface area contributed by atoms with E-state index in [-0.39, 0.29) is 16.9 Å². The fourth-order valence-corrected chi connectivity index (χ4v) is 3.19. The van der Waals surface area contributed by atoms with Crippen molar-refractivity contribution in [3.8, 4) is 11.8 Å². The highest BCUT2D eigenvalue weighted by Crippen LogP contribution is 2.35. The molecule has 0 saturated heterocycles. The van der Waals surface area contributed by atoms with Crippen LogP contribution in [0.25, 0.3) is 0 Å². The number of hydrogen-bond donors (Lipinski definition) is 1. The van der Waals surface area contributed by atoms with Gasteiger partial charge in [-0.3, -0.25) is 4.98 Å². The number of ether oxygens (including phenoxy) is 1. The molecule has 0 radical (unpaired) electrons. The van der Waals surface area contributed by atoms with Crippen LogP contribution in [-0.4, -0.2) is 26.7 Å². The van der Waals surface area contributed by atoms with Crippen molar-refractivity contribution in [3.63, 3.8) is 0 Å². The van der Waals surface area contributed by atoms with E-state index in [1.165, 1.54) is 19.2 Å². The van der Waals surface area contributed by atoms with Crippen molar-refractivity contribution in [1.29, 1.82) is 5.26 Å². The van der Waals surface area contributed by atoms with Gasteiger partial charge in [-0.05, 0) is 23.8 Å². The lowest BCUT2D eigenvalue weighted by atomic mass is 10.1. The van der Waals surface area contributed by atoms with Crippen molar-refractivity contribution in [2.45, 2.75) is 17.1 Å². The number of halogens is 3. The van der Waals surface area contributed by atoms with Crippen LogP contribution in [0.4, 0.5) is 13.2 Å². The Morgan fingerprint density at radius 2 is 2.00 bits per heavy atom. The van der Waals surface area contributed by atoms with E-state index < -0.39 is 27.1 Å². The maximum Gasteiger partial charge on any atom is 0.408 e. The Bertz CT molecular complexity index is 908. The van der Waals surface area contributed by atoms with Crippen molar-refractivity contribution in [2.24, 2.45) is 0 Å². The molecule has 1 aromatic heterocycles. The van der Waals surface area contributed by atoms with Gasteiger partial charge in [0.15, 0.2) is 0 Å². The third kappa shape index (κ3) is 4.46. The van der Waals surface area contributed by atoms with Gasteiger partial charge in [-0.25, -0.2) is 8.42 Å². The summed E-state index contributed by atoms with van der Waals surface area (Å²) in [5.74, 6) is 0.152. The van der Waals surface area contributed by atoms with Crippen molar-refractivity contribution in [3.05, 3.63) is 53.9 Å². The lowest BCUT2D eigenvalue weighted by Gasteiger charge is -2.22. The highest BCUT2D eigenvalue weighted by atomic mass is 32.2. The Hall–Kier alpha value is -2.64. The van der Waals surface area contributed by atoms with Crippen LogP contribution in [0.2, 0.25) is 0 Å². The quantitative estimate of drug-likeness (QED) is 0.872. The van der Waals surface area contributed by atoms with E-state index in [1.54, 1.807) is 10.8 Å². The Morgan fingerprint density at radius 1 is 1.28 bits per heavy atom. The van der Waals surface area contributed by atoms with Crippen LogP contribution in [0, 0.1) is 11.3 Å². The summed E-state index contributed by atoms with van der Waals surface area (Å²) in [6, 6.07) is 5.10. The molecule has 1 heterocycles. The molecule has 1 unspecified atom stereocenters. The zero-order valence-corrected chi connectivity index (χ0v) is 13.6. The van der Waals surface area contributed by atoms with Gasteiger partial charge in [0.25, 0.3) is 0 Å².